The van der Waals surface area contributed by atoms with Crippen molar-refractivity contribution >= 4 is 45.3 Å². The average molecular weight is 390 g/mol. The minimum Gasteiger partial charge on any atom is -0.341 e. The van der Waals surface area contributed by atoms with Crippen molar-refractivity contribution in [2.24, 2.45) is 0 Å². The van der Waals surface area contributed by atoms with Gasteiger partial charge in [-0.3, -0.25) is 10.1 Å². The standard InChI is InChI=1S/C17H15FN4O2S2/c1-9(15(23)22-17(24)19-2)25-16-14-12(20-8-21-16)7-13(26-14)10-3-5-11(18)6-4-10/h3-9H,1-2H3,(H2,19,22,23,24). The van der Waals surface area contributed by atoms with Gasteiger partial charge in [0.1, 0.15) is 17.2 Å². The monoisotopic (exact) mass is 390 g/mol. The molecule has 0 aliphatic rings. The Bertz CT molecular complexity index is 959. The number of carbonyl (C=O) groups excluding carboxylic acids is 2. The molecule has 134 valence electrons. The minimum absolute atomic E-state index is 0.290. The smallest absolute Gasteiger partial charge is 0.321 e. The van der Waals surface area contributed by atoms with Crippen LogP contribution in [0.3, 0.4) is 0 Å². The Morgan fingerprint density at radius 2 is 1.96 bits per heavy atom. The number of carbonyl (C=O) groups is 2. The highest BCUT2D eigenvalue weighted by molar-refractivity contribution is 8.00. The number of nitrogens with one attached hydrogen (secondary N) is 2. The molecule has 3 aromatic rings. The number of imide groups is 1. The van der Waals surface area contributed by atoms with E-state index < -0.39 is 17.2 Å². The number of thioether (sulfide) groups is 1. The molecule has 1 unspecified atom stereocenters. The van der Waals surface area contributed by atoms with E-state index in [2.05, 4.69) is 20.6 Å². The predicted octanol–water partition coefficient (Wildman–Crippen LogP) is 3.43. The van der Waals surface area contributed by atoms with Crippen LogP contribution in [0, 0.1) is 5.82 Å². The zero-order valence-electron chi connectivity index (χ0n) is 13.9. The zero-order valence-corrected chi connectivity index (χ0v) is 15.6. The molecule has 9 heteroatoms. The quantitative estimate of drug-likeness (QED) is 0.527. The van der Waals surface area contributed by atoms with Crippen molar-refractivity contribution in [2.75, 3.05) is 7.05 Å². The van der Waals surface area contributed by atoms with Gasteiger partial charge in [0.15, 0.2) is 0 Å². The summed E-state index contributed by atoms with van der Waals surface area (Å²) in [6.07, 6.45) is 1.44. The predicted molar refractivity (Wildman–Crippen MR) is 101 cm³/mol. The molecule has 3 amide bonds. The third-order valence-corrected chi connectivity index (χ3v) is 5.94. The lowest BCUT2D eigenvalue weighted by Crippen LogP contribution is -2.41. The van der Waals surface area contributed by atoms with Gasteiger partial charge in [0.25, 0.3) is 0 Å². The van der Waals surface area contributed by atoms with E-state index in [1.807, 2.05) is 6.07 Å². The van der Waals surface area contributed by atoms with Crippen LogP contribution in [0.4, 0.5) is 9.18 Å². The van der Waals surface area contributed by atoms with E-state index in [-0.39, 0.29) is 5.82 Å². The lowest BCUT2D eigenvalue weighted by Gasteiger charge is -2.10. The fourth-order valence-electron chi connectivity index (χ4n) is 2.17. The van der Waals surface area contributed by atoms with E-state index in [0.29, 0.717) is 5.03 Å². The first-order chi connectivity index (χ1) is 12.5. The third-order valence-electron chi connectivity index (χ3n) is 3.53. The molecule has 3 rings (SSSR count). The topological polar surface area (TPSA) is 84.0 Å². The Morgan fingerprint density at radius 1 is 1.23 bits per heavy atom. The van der Waals surface area contributed by atoms with Crippen LogP contribution in [-0.2, 0) is 4.79 Å². The van der Waals surface area contributed by atoms with E-state index in [0.717, 1.165) is 20.7 Å². The summed E-state index contributed by atoms with van der Waals surface area (Å²) in [4.78, 5) is 32.8. The molecule has 0 bridgehead atoms. The number of hydrogen-bond acceptors (Lipinski definition) is 6. The van der Waals surface area contributed by atoms with Crippen molar-refractivity contribution in [3.8, 4) is 10.4 Å². The summed E-state index contributed by atoms with van der Waals surface area (Å²) in [5, 5.41) is 4.74. The Labute approximate surface area is 157 Å². The number of fused-ring (bicyclic) bond motifs is 1. The first kappa shape index (κ1) is 18.3. The lowest BCUT2D eigenvalue weighted by atomic mass is 10.2. The zero-order chi connectivity index (χ0) is 18.7. The number of nitrogens with zero attached hydrogens (tertiary/aromatic N) is 2. The molecule has 2 heterocycles. The number of rotatable bonds is 4. The second-order valence-electron chi connectivity index (χ2n) is 5.34. The van der Waals surface area contributed by atoms with Crippen molar-refractivity contribution in [3.05, 3.63) is 42.5 Å². The Hall–Kier alpha value is -2.52. The summed E-state index contributed by atoms with van der Waals surface area (Å²) >= 11 is 2.73. The molecule has 1 aromatic carbocycles. The van der Waals surface area contributed by atoms with Crippen LogP contribution in [0.2, 0.25) is 0 Å². The Morgan fingerprint density at radius 3 is 2.65 bits per heavy atom. The number of urea groups is 1. The van der Waals surface area contributed by atoms with E-state index in [9.17, 15) is 14.0 Å². The fourth-order valence-corrected chi connectivity index (χ4v) is 4.26. The van der Waals surface area contributed by atoms with Gasteiger partial charge in [-0.1, -0.05) is 23.9 Å². The Kier molecular flexibility index (Phi) is 5.48. The average Bonchev–Trinajstić information content (AvgIpc) is 3.07. The van der Waals surface area contributed by atoms with Gasteiger partial charge in [0, 0.05) is 11.9 Å². The fraction of sp³-hybridized carbons (Fsp3) is 0.176. The van der Waals surface area contributed by atoms with Crippen LogP contribution in [0.1, 0.15) is 6.92 Å². The van der Waals surface area contributed by atoms with E-state index in [4.69, 9.17) is 0 Å². The van der Waals surface area contributed by atoms with Gasteiger partial charge in [-0.25, -0.2) is 19.2 Å². The SMILES string of the molecule is CNC(=O)NC(=O)C(C)Sc1ncnc2cc(-c3ccc(F)cc3)sc12. The summed E-state index contributed by atoms with van der Waals surface area (Å²) in [5.41, 5.74) is 1.64. The maximum atomic E-state index is 13.1. The van der Waals surface area contributed by atoms with Crippen molar-refractivity contribution < 1.29 is 14.0 Å². The normalized spacial score (nSPS) is 12.0. The van der Waals surface area contributed by atoms with Gasteiger partial charge in [-0.15, -0.1) is 11.3 Å². The van der Waals surface area contributed by atoms with Gasteiger partial charge in [0.05, 0.1) is 15.5 Å². The first-order valence-electron chi connectivity index (χ1n) is 7.67. The molecule has 0 aliphatic carbocycles. The van der Waals surface area contributed by atoms with Gasteiger partial charge < -0.3 is 5.32 Å². The number of benzene rings is 1. The van der Waals surface area contributed by atoms with Gasteiger partial charge >= 0.3 is 6.03 Å². The molecular weight excluding hydrogens is 375 g/mol. The maximum absolute atomic E-state index is 13.1. The van der Waals surface area contributed by atoms with Crippen LogP contribution >= 0.6 is 23.1 Å². The summed E-state index contributed by atoms with van der Waals surface area (Å²) in [7, 11) is 1.44. The van der Waals surface area contributed by atoms with Crippen LogP contribution in [0.5, 0.6) is 0 Å². The number of halogens is 1. The van der Waals surface area contributed by atoms with Gasteiger partial charge in [-0.2, -0.15) is 0 Å². The van der Waals surface area contributed by atoms with Crippen molar-refractivity contribution in [1.82, 2.24) is 20.6 Å². The molecule has 0 fully saturated rings. The van der Waals surface area contributed by atoms with E-state index in [1.54, 1.807) is 19.1 Å². The van der Waals surface area contributed by atoms with Gasteiger partial charge in [0.2, 0.25) is 5.91 Å². The molecule has 26 heavy (non-hydrogen) atoms. The Balaban J connectivity index is 1.86. The summed E-state index contributed by atoms with van der Waals surface area (Å²) in [6, 6.07) is 7.59. The molecular formula is C17H15FN4O2S2. The maximum Gasteiger partial charge on any atom is 0.321 e. The number of thiophene rings is 1. The highest BCUT2D eigenvalue weighted by Gasteiger charge is 2.20. The molecule has 0 aliphatic heterocycles. The second-order valence-corrected chi connectivity index (χ2v) is 7.72. The first-order valence-corrected chi connectivity index (χ1v) is 9.37. The number of amides is 3. The summed E-state index contributed by atoms with van der Waals surface area (Å²) in [6.45, 7) is 1.70. The van der Waals surface area contributed by atoms with Crippen molar-refractivity contribution in [3.63, 3.8) is 0 Å². The van der Waals surface area contributed by atoms with Crippen molar-refractivity contribution in [2.45, 2.75) is 17.2 Å². The number of hydrogen-bond donors (Lipinski definition) is 2. The summed E-state index contributed by atoms with van der Waals surface area (Å²) in [5.74, 6) is -0.696. The molecule has 2 aromatic heterocycles. The van der Waals surface area contributed by atoms with E-state index >= 15 is 0 Å². The molecule has 2 N–H and O–H groups in total. The lowest BCUT2D eigenvalue weighted by molar-refractivity contribution is -0.119. The highest BCUT2D eigenvalue weighted by atomic mass is 32.2. The van der Waals surface area contributed by atoms with Crippen LogP contribution in [0.25, 0.3) is 20.7 Å². The number of aromatic nitrogens is 2. The highest BCUT2D eigenvalue weighted by Crippen LogP contribution is 2.38. The molecule has 0 spiro atoms. The minimum atomic E-state index is -0.551. The van der Waals surface area contributed by atoms with E-state index in [1.165, 1.54) is 48.6 Å². The summed E-state index contributed by atoms with van der Waals surface area (Å²) < 4.78 is 14.0. The van der Waals surface area contributed by atoms with Crippen LogP contribution < -0.4 is 10.6 Å². The molecule has 0 saturated carbocycles. The third kappa shape index (κ3) is 4.00. The molecule has 0 radical (unpaired) electrons. The van der Waals surface area contributed by atoms with Crippen LogP contribution in [0.15, 0.2) is 41.7 Å². The molecule has 6 nitrogen and oxygen atoms in total. The molecule has 1 atom stereocenters. The van der Waals surface area contributed by atoms with Crippen LogP contribution in [-0.4, -0.2) is 34.2 Å². The van der Waals surface area contributed by atoms with Gasteiger partial charge in [-0.05, 0) is 30.7 Å². The largest absolute Gasteiger partial charge is 0.341 e. The second kappa shape index (κ2) is 7.79. The van der Waals surface area contributed by atoms with Crippen molar-refractivity contribution in [1.29, 1.82) is 0 Å². The molecule has 0 saturated heterocycles.